The molecule has 0 saturated heterocycles. The van der Waals surface area contributed by atoms with Gasteiger partial charge in [0.2, 0.25) is 0 Å². The van der Waals surface area contributed by atoms with Crippen molar-refractivity contribution in [2.75, 3.05) is 11.9 Å². The van der Waals surface area contributed by atoms with E-state index in [1.165, 1.54) is 32.1 Å². The van der Waals surface area contributed by atoms with Crippen LogP contribution >= 0.6 is 11.6 Å². The van der Waals surface area contributed by atoms with Crippen molar-refractivity contribution in [2.24, 2.45) is 11.3 Å². The predicted octanol–water partition coefficient (Wildman–Crippen LogP) is 4.75. The molecule has 0 amide bonds. The lowest BCUT2D eigenvalue weighted by Gasteiger charge is -2.31. The third-order valence-electron chi connectivity index (χ3n) is 3.93. The number of pyridine rings is 1. The van der Waals surface area contributed by atoms with Crippen LogP contribution in [-0.2, 0) is 0 Å². The van der Waals surface area contributed by atoms with Gasteiger partial charge in [0.05, 0.1) is 10.7 Å². The fourth-order valence-electron chi connectivity index (χ4n) is 3.25. The normalized spacial score (nSPS) is 18.2. The minimum Gasteiger partial charge on any atom is -0.383 e. The number of halogens is 1. The Bertz CT molecular complexity index is 384. The van der Waals surface area contributed by atoms with Gasteiger partial charge in [-0.2, -0.15) is 0 Å². The molecule has 2 rings (SSSR count). The number of nitrogens with zero attached hydrogens (tertiary/aromatic N) is 1. The molecule has 1 aromatic rings. The summed E-state index contributed by atoms with van der Waals surface area (Å²) in [6.07, 6.45) is 10.2. The third kappa shape index (κ3) is 3.38. The first-order chi connectivity index (χ1) is 8.61. The summed E-state index contributed by atoms with van der Waals surface area (Å²) < 4.78 is 0. The van der Waals surface area contributed by atoms with Gasteiger partial charge in [-0.3, -0.25) is 4.98 Å². The Morgan fingerprint density at radius 2 is 2.11 bits per heavy atom. The molecule has 0 radical (unpaired) electrons. The molecule has 1 N–H and O–H groups in total. The summed E-state index contributed by atoms with van der Waals surface area (Å²) in [5, 5.41) is 4.25. The molecular weight excluding hydrogens is 244 g/mol. The SMILES string of the molecule is CC(C)CC1(CNc2ccncc2Cl)CCCC1. The highest BCUT2D eigenvalue weighted by Crippen LogP contribution is 2.43. The minimum atomic E-state index is 0.473. The standard InChI is InChI=1S/C15H23ClN2/c1-12(2)9-15(6-3-4-7-15)11-18-14-5-8-17-10-13(14)16/h5,8,10,12H,3-4,6-7,9,11H2,1-2H3,(H,17,18). The lowest BCUT2D eigenvalue weighted by molar-refractivity contribution is 0.252. The molecule has 18 heavy (non-hydrogen) atoms. The second-order valence-electron chi connectivity index (χ2n) is 6.01. The second-order valence-corrected chi connectivity index (χ2v) is 6.42. The molecule has 1 fully saturated rings. The van der Waals surface area contributed by atoms with Crippen LogP contribution in [0.25, 0.3) is 0 Å². The van der Waals surface area contributed by atoms with Gasteiger partial charge in [0.1, 0.15) is 0 Å². The van der Waals surface area contributed by atoms with E-state index >= 15 is 0 Å². The van der Waals surface area contributed by atoms with Gasteiger partial charge in [0, 0.05) is 18.9 Å². The van der Waals surface area contributed by atoms with Crippen molar-refractivity contribution >= 4 is 17.3 Å². The van der Waals surface area contributed by atoms with Crippen molar-refractivity contribution in [2.45, 2.75) is 46.0 Å². The zero-order valence-corrected chi connectivity index (χ0v) is 12.1. The number of hydrogen-bond donors (Lipinski definition) is 1. The average Bonchev–Trinajstić information content (AvgIpc) is 2.76. The molecule has 1 heterocycles. The molecule has 1 aliphatic rings. The van der Waals surface area contributed by atoms with Gasteiger partial charge in [-0.1, -0.05) is 38.3 Å². The Morgan fingerprint density at radius 3 is 2.72 bits per heavy atom. The van der Waals surface area contributed by atoms with Crippen LogP contribution in [-0.4, -0.2) is 11.5 Å². The van der Waals surface area contributed by atoms with Crippen molar-refractivity contribution in [3.05, 3.63) is 23.5 Å². The van der Waals surface area contributed by atoms with E-state index in [1.807, 2.05) is 6.07 Å². The smallest absolute Gasteiger partial charge is 0.0820 e. The summed E-state index contributed by atoms with van der Waals surface area (Å²) in [7, 11) is 0. The molecule has 100 valence electrons. The van der Waals surface area contributed by atoms with Crippen LogP contribution in [0.15, 0.2) is 18.5 Å². The molecule has 0 spiro atoms. The van der Waals surface area contributed by atoms with Crippen molar-refractivity contribution < 1.29 is 0 Å². The van der Waals surface area contributed by atoms with Gasteiger partial charge < -0.3 is 5.32 Å². The molecular formula is C15H23ClN2. The van der Waals surface area contributed by atoms with E-state index in [9.17, 15) is 0 Å². The highest BCUT2D eigenvalue weighted by atomic mass is 35.5. The van der Waals surface area contributed by atoms with Crippen LogP contribution < -0.4 is 5.32 Å². The first-order valence-corrected chi connectivity index (χ1v) is 7.32. The average molecular weight is 267 g/mol. The summed E-state index contributed by atoms with van der Waals surface area (Å²) in [4.78, 5) is 4.02. The summed E-state index contributed by atoms with van der Waals surface area (Å²) in [5.41, 5.74) is 1.49. The maximum Gasteiger partial charge on any atom is 0.0820 e. The van der Waals surface area contributed by atoms with Crippen LogP contribution in [0.1, 0.15) is 46.0 Å². The summed E-state index contributed by atoms with van der Waals surface area (Å²) in [6.45, 7) is 5.67. The van der Waals surface area contributed by atoms with Crippen LogP contribution in [0.2, 0.25) is 5.02 Å². The van der Waals surface area contributed by atoms with E-state index in [0.29, 0.717) is 5.41 Å². The Morgan fingerprint density at radius 1 is 1.39 bits per heavy atom. The fourth-order valence-corrected chi connectivity index (χ4v) is 3.43. The Balaban J connectivity index is 2.00. The first-order valence-electron chi connectivity index (χ1n) is 6.95. The minimum absolute atomic E-state index is 0.473. The molecule has 0 aromatic carbocycles. The van der Waals surface area contributed by atoms with Crippen LogP contribution in [0.3, 0.4) is 0 Å². The van der Waals surface area contributed by atoms with Gasteiger partial charge in [-0.25, -0.2) is 0 Å². The number of nitrogens with one attached hydrogen (secondary N) is 1. The zero-order valence-electron chi connectivity index (χ0n) is 11.4. The fraction of sp³-hybridized carbons (Fsp3) is 0.667. The number of hydrogen-bond acceptors (Lipinski definition) is 2. The topological polar surface area (TPSA) is 24.9 Å². The molecule has 0 bridgehead atoms. The van der Waals surface area contributed by atoms with Gasteiger partial charge in [-0.05, 0) is 36.7 Å². The summed E-state index contributed by atoms with van der Waals surface area (Å²) >= 11 is 6.14. The van der Waals surface area contributed by atoms with Crippen molar-refractivity contribution in [3.63, 3.8) is 0 Å². The highest BCUT2D eigenvalue weighted by Gasteiger charge is 2.34. The Hall–Kier alpha value is -0.760. The number of aromatic nitrogens is 1. The molecule has 3 heteroatoms. The number of anilines is 1. The lowest BCUT2D eigenvalue weighted by Crippen LogP contribution is -2.28. The Labute approximate surface area is 115 Å². The van der Waals surface area contributed by atoms with Crippen molar-refractivity contribution in [3.8, 4) is 0 Å². The molecule has 1 aliphatic carbocycles. The second kappa shape index (κ2) is 5.92. The van der Waals surface area contributed by atoms with E-state index in [2.05, 4.69) is 24.1 Å². The molecule has 1 saturated carbocycles. The van der Waals surface area contributed by atoms with Crippen LogP contribution in [0.5, 0.6) is 0 Å². The monoisotopic (exact) mass is 266 g/mol. The molecule has 0 atom stereocenters. The maximum absolute atomic E-state index is 6.14. The van der Waals surface area contributed by atoms with E-state index in [-0.39, 0.29) is 0 Å². The van der Waals surface area contributed by atoms with E-state index in [1.54, 1.807) is 12.4 Å². The quantitative estimate of drug-likeness (QED) is 0.832. The van der Waals surface area contributed by atoms with Crippen molar-refractivity contribution in [1.82, 2.24) is 4.98 Å². The largest absolute Gasteiger partial charge is 0.383 e. The van der Waals surface area contributed by atoms with Gasteiger partial charge in [0.25, 0.3) is 0 Å². The summed E-state index contributed by atoms with van der Waals surface area (Å²) in [6, 6.07) is 1.96. The molecule has 1 aromatic heterocycles. The predicted molar refractivity (Wildman–Crippen MR) is 78.1 cm³/mol. The third-order valence-corrected chi connectivity index (χ3v) is 4.23. The maximum atomic E-state index is 6.14. The highest BCUT2D eigenvalue weighted by molar-refractivity contribution is 6.33. The molecule has 2 nitrogen and oxygen atoms in total. The van der Waals surface area contributed by atoms with Crippen LogP contribution in [0.4, 0.5) is 5.69 Å². The first kappa shape index (κ1) is 13.7. The van der Waals surface area contributed by atoms with Gasteiger partial charge >= 0.3 is 0 Å². The Kier molecular flexibility index (Phi) is 4.50. The lowest BCUT2D eigenvalue weighted by atomic mass is 9.78. The summed E-state index contributed by atoms with van der Waals surface area (Å²) in [5.74, 6) is 0.762. The van der Waals surface area contributed by atoms with Crippen LogP contribution in [0, 0.1) is 11.3 Å². The molecule has 0 aliphatic heterocycles. The molecule has 0 unspecified atom stereocenters. The number of rotatable bonds is 5. The van der Waals surface area contributed by atoms with E-state index in [4.69, 9.17) is 11.6 Å². The zero-order chi connectivity index (χ0) is 13.0. The van der Waals surface area contributed by atoms with Gasteiger partial charge in [0.15, 0.2) is 0 Å². The van der Waals surface area contributed by atoms with Crippen molar-refractivity contribution in [1.29, 1.82) is 0 Å². The van der Waals surface area contributed by atoms with E-state index < -0.39 is 0 Å². The van der Waals surface area contributed by atoms with E-state index in [0.717, 1.165) is 23.2 Å². The van der Waals surface area contributed by atoms with Gasteiger partial charge in [-0.15, -0.1) is 0 Å².